The van der Waals surface area contributed by atoms with E-state index in [4.69, 9.17) is 0 Å². The molecule has 0 aliphatic heterocycles. The Morgan fingerprint density at radius 1 is 1.21 bits per heavy atom. The fourth-order valence-corrected chi connectivity index (χ4v) is 2.11. The predicted octanol–water partition coefficient (Wildman–Crippen LogP) is 4.33. The zero-order chi connectivity index (χ0) is 14.3. The van der Waals surface area contributed by atoms with Crippen molar-refractivity contribution in [3.8, 4) is 0 Å². The first kappa shape index (κ1) is 16.0. The summed E-state index contributed by atoms with van der Waals surface area (Å²) in [6.07, 6.45) is 9.96. The molecule has 0 bridgehead atoms. The van der Waals surface area contributed by atoms with Crippen LogP contribution in [-0.4, -0.2) is 23.9 Å². The second-order valence-electron chi connectivity index (χ2n) is 5.93. The monoisotopic (exact) mass is 263 g/mol. The van der Waals surface area contributed by atoms with Gasteiger partial charge in [0.05, 0.1) is 0 Å². The molecule has 0 aromatic carbocycles. The van der Waals surface area contributed by atoms with E-state index in [1.807, 2.05) is 4.90 Å². The molecular weight excluding hydrogens is 234 g/mol. The fraction of sp³-hybridized carbons (Fsp3) is 0.706. The Bertz CT molecular complexity index is 346. The van der Waals surface area contributed by atoms with E-state index in [0.717, 1.165) is 45.2 Å². The van der Waals surface area contributed by atoms with Crippen molar-refractivity contribution in [3.63, 3.8) is 0 Å². The Balaban J connectivity index is 2.40. The fourth-order valence-electron chi connectivity index (χ4n) is 2.11. The lowest BCUT2D eigenvalue weighted by atomic mass is 10.1. The van der Waals surface area contributed by atoms with Gasteiger partial charge in [-0.05, 0) is 52.9 Å². The average molecular weight is 263 g/mol. The van der Waals surface area contributed by atoms with Crippen molar-refractivity contribution in [2.24, 2.45) is 5.92 Å². The minimum absolute atomic E-state index is 0.339. The third kappa shape index (κ3) is 6.60. The van der Waals surface area contributed by atoms with Gasteiger partial charge in [0.25, 0.3) is 0 Å². The van der Waals surface area contributed by atoms with E-state index in [2.05, 4.69) is 39.8 Å². The number of allylic oxidation sites excluding steroid dienone is 3. The third-order valence-electron chi connectivity index (χ3n) is 3.48. The van der Waals surface area contributed by atoms with Crippen molar-refractivity contribution in [3.05, 3.63) is 23.3 Å². The van der Waals surface area contributed by atoms with E-state index < -0.39 is 0 Å². The minimum atomic E-state index is 0.339. The molecule has 0 spiro atoms. The molecule has 0 unspecified atom stereocenters. The molecular formula is C17H29NO. The van der Waals surface area contributed by atoms with Gasteiger partial charge in [0.2, 0.25) is 5.91 Å². The van der Waals surface area contributed by atoms with Crippen LogP contribution in [0.4, 0.5) is 0 Å². The number of hydrogen-bond donors (Lipinski definition) is 0. The minimum Gasteiger partial charge on any atom is -0.339 e. The summed E-state index contributed by atoms with van der Waals surface area (Å²) in [5.74, 6) is 0.709. The molecule has 1 saturated carbocycles. The Hall–Kier alpha value is -1.05. The predicted molar refractivity (Wildman–Crippen MR) is 82.0 cm³/mol. The molecule has 1 aliphatic rings. The third-order valence-corrected chi connectivity index (χ3v) is 3.48. The van der Waals surface area contributed by atoms with E-state index in [1.54, 1.807) is 0 Å². The number of rotatable bonds is 8. The van der Waals surface area contributed by atoms with Gasteiger partial charge in [-0.3, -0.25) is 4.79 Å². The van der Waals surface area contributed by atoms with Gasteiger partial charge in [0, 0.05) is 19.0 Å². The van der Waals surface area contributed by atoms with Gasteiger partial charge >= 0.3 is 0 Å². The Kier molecular flexibility index (Phi) is 6.90. The maximum atomic E-state index is 12.1. The Morgan fingerprint density at radius 2 is 1.89 bits per heavy atom. The van der Waals surface area contributed by atoms with Crippen molar-refractivity contribution in [2.45, 2.75) is 59.8 Å². The molecule has 1 rings (SSSR count). The summed E-state index contributed by atoms with van der Waals surface area (Å²) >= 11 is 0. The first-order valence-electron chi connectivity index (χ1n) is 7.62. The summed E-state index contributed by atoms with van der Waals surface area (Å²) in [5.41, 5.74) is 2.77. The summed E-state index contributed by atoms with van der Waals surface area (Å²) in [6.45, 7) is 10.3. The van der Waals surface area contributed by atoms with Crippen molar-refractivity contribution in [1.29, 1.82) is 0 Å². The lowest BCUT2D eigenvalue weighted by molar-refractivity contribution is -0.132. The molecule has 0 N–H and O–H groups in total. The maximum Gasteiger partial charge on any atom is 0.225 e. The molecule has 1 aliphatic carbocycles. The largest absolute Gasteiger partial charge is 0.339 e. The number of carbonyl (C=O) groups is 1. The lowest BCUT2D eigenvalue weighted by Crippen LogP contribution is -2.33. The molecule has 0 aromatic heterocycles. The molecule has 2 nitrogen and oxygen atoms in total. The van der Waals surface area contributed by atoms with Gasteiger partial charge in [0.1, 0.15) is 0 Å². The summed E-state index contributed by atoms with van der Waals surface area (Å²) in [4.78, 5) is 14.1. The van der Waals surface area contributed by atoms with Crippen LogP contribution in [0.3, 0.4) is 0 Å². The highest BCUT2D eigenvalue weighted by Crippen LogP contribution is 2.31. The van der Waals surface area contributed by atoms with Gasteiger partial charge in [-0.2, -0.15) is 0 Å². The second-order valence-corrected chi connectivity index (χ2v) is 5.93. The van der Waals surface area contributed by atoms with Crippen LogP contribution in [-0.2, 0) is 4.79 Å². The highest BCUT2D eigenvalue weighted by atomic mass is 16.2. The molecule has 1 fully saturated rings. The highest BCUT2D eigenvalue weighted by molar-refractivity contribution is 5.81. The average Bonchev–Trinajstić information content (AvgIpc) is 3.17. The topological polar surface area (TPSA) is 20.3 Å². The quantitative estimate of drug-likeness (QED) is 0.597. The number of nitrogens with zero attached hydrogens (tertiary/aromatic N) is 1. The van der Waals surface area contributed by atoms with E-state index in [9.17, 15) is 4.79 Å². The zero-order valence-corrected chi connectivity index (χ0v) is 13.0. The van der Waals surface area contributed by atoms with Crippen LogP contribution in [0.5, 0.6) is 0 Å². The van der Waals surface area contributed by atoms with Crippen LogP contribution < -0.4 is 0 Å². The normalized spacial score (nSPS) is 15.3. The standard InChI is InChI=1S/C17H29NO/c1-5-12-18(17(19)16-9-10-16)13-11-15(4)8-6-7-14(2)3/h7,11,16H,5-6,8-10,12-13H2,1-4H3/b15-11+. The van der Waals surface area contributed by atoms with Crippen LogP contribution in [0.1, 0.15) is 59.8 Å². The van der Waals surface area contributed by atoms with Crippen LogP contribution in [0.15, 0.2) is 23.3 Å². The Labute approximate surface area is 118 Å². The number of amides is 1. The van der Waals surface area contributed by atoms with E-state index in [1.165, 1.54) is 11.1 Å². The van der Waals surface area contributed by atoms with Crippen molar-refractivity contribution < 1.29 is 4.79 Å². The molecule has 2 heteroatoms. The molecule has 0 heterocycles. The van der Waals surface area contributed by atoms with Crippen molar-refractivity contribution in [1.82, 2.24) is 4.90 Å². The summed E-state index contributed by atoms with van der Waals surface area (Å²) in [6, 6.07) is 0. The lowest BCUT2D eigenvalue weighted by Gasteiger charge is -2.20. The molecule has 0 atom stereocenters. The Morgan fingerprint density at radius 3 is 2.42 bits per heavy atom. The molecule has 108 valence electrons. The molecule has 1 amide bonds. The molecule has 0 saturated heterocycles. The first-order chi connectivity index (χ1) is 9.04. The second kappa shape index (κ2) is 8.19. The van der Waals surface area contributed by atoms with Crippen molar-refractivity contribution >= 4 is 5.91 Å². The zero-order valence-electron chi connectivity index (χ0n) is 13.0. The molecule has 0 aromatic rings. The smallest absolute Gasteiger partial charge is 0.225 e. The number of carbonyl (C=O) groups excluding carboxylic acids is 1. The van der Waals surface area contributed by atoms with Gasteiger partial charge < -0.3 is 4.90 Å². The van der Waals surface area contributed by atoms with E-state index >= 15 is 0 Å². The van der Waals surface area contributed by atoms with Crippen LogP contribution in [0, 0.1) is 5.92 Å². The summed E-state index contributed by atoms with van der Waals surface area (Å²) in [7, 11) is 0. The van der Waals surface area contributed by atoms with E-state index in [0.29, 0.717) is 11.8 Å². The maximum absolute atomic E-state index is 12.1. The van der Waals surface area contributed by atoms with Gasteiger partial charge in [-0.25, -0.2) is 0 Å². The first-order valence-corrected chi connectivity index (χ1v) is 7.62. The van der Waals surface area contributed by atoms with Crippen LogP contribution >= 0.6 is 0 Å². The summed E-state index contributed by atoms with van der Waals surface area (Å²) in [5, 5.41) is 0. The number of hydrogen-bond acceptors (Lipinski definition) is 1. The molecule has 0 radical (unpaired) electrons. The van der Waals surface area contributed by atoms with Crippen LogP contribution in [0.2, 0.25) is 0 Å². The van der Waals surface area contributed by atoms with Gasteiger partial charge in [-0.15, -0.1) is 0 Å². The van der Waals surface area contributed by atoms with Crippen LogP contribution in [0.25, 0.3) is 0 Å². The summed E-state index contributed by atoms with van der Waals surface area (Å²) < 4.78 is 0. The SMILES string of the molecule is CCCN(C/C=C(\C)CCC=C(C)C)C(=O)C1CC1. The van der Waals surface area contributed by atoms with E-state index in [-0.39, 0.29) is 0 Å². The van der Waals surface area contributed by atoms with Gasteiger partial charge in [0.15, 0.2) is 0 Å². The van der Waals surface area contributed by atoms with Gasteiger partial charge in [-0.1, -0.05) is 30.2 Å². The van der Waals surface area contributed by atoms with Crippen molar-refractivity contribution in [2.75, 3.05) is 13.1 Å². The molecule has 19 heavy (non-hydrogen) atoms. The highest BCUT2D eigenvalue weighted by Gasteiger charge is 2.32.